The van der Waals surface area contributed by atoms with Crippen LogP contribution in [-0.4, -0.2) is 33.2 Å². The number of hydrogen-bond acceptors (Lipinski definition) is 5. The standard InChI is InChI=1S/C15H18N4OS/c1-11-9-13(14(16)21)18-15(17-11)19(7-8-20)10-12-5-3-2-4-6-12/h2-6,9,20H,7-8,10H2,1H3,(H2,16,21). The number of rotatable bonds is 6. The molecule has 110 valence electrons. The molecular weight excluding hydrogens is 284 g/mol. The number of anilines is 1. The highest BCUT2D eigenvalue weighted by atomic mass is 32.1. The van der Waals surface area contributed by atoms with E-state index in [4.69, 9.17) is 18.0 Å². The van der Waals surface area contributed by atoms with Crippen molar-refractivity contribution in [2.75, 3.05) is 18.1 Å². The van der Waals surface area contributed by atoms with Gasteiger partial charge in [0, 0.05) is 18.8 Å². The highest BCUT2D eigenvalue weighted by Crippen LogP contribution is 2.14. The van der Waals surface area contributed by atoms with Crippen LogP contribution in [0.2, 0.25) is 0 Å². The number of hydrogen-bond donors (Lipinski definition) is 2. The molecule has 0 saturated heterocycles. The average molecular weight is 302 g/mol. The summed E-state index contributed by atoms with van der Waals surface area (Å²) in [7, 11) is 0. The van der Waals surface area contributed by atoms with Crippen LogP contribution < -0.4 is 10.6 Å². The lowest BCUT2D eigenvalue weighted by molar-refractivity contribution is 0.300. The molecule has 0 saturated carbocycles. The Balaban J connectivity index is 2.31. The molecular formula is C15H18N4OS. The lowest BCUT2D eigenvalue weighted by Crippen LogP contribution is -2.29. The molecule has 0 amide bonds. The summed E-state index contributed by atoms with van der Waals surface area (Å²) < 4.78 is 0. The van der Waals surface area contributed by atoms with E-state index in [-0.39, 0.29) is 11.6 Å². The number of aliphatic hydroxyl groups excluding tert-OH is 1. The first-order valence-electron chi connectivity index (χ1n) is 6.65. The van der Waals surface area contributed by atoms with Crippen molar-refractivity contribution in [1.29, 1.82) is 0 Å². The molecule has 0 radical (unpaired) electrons. The van der Waals surface area contributed by atoms with Crippen LogP contribution >= 0.6 is 12.2 Å². The smallest absolute Gasteiger partial charge is 0.226 e. The van der Waals surface area contributed by atoms with Crippen LogP contribution in [-0.2, 0) is 6.54 Å². The molecule has 1 aromatic carbocycles. The Bertz CT molecular complexity index is 618. The molecule has 2 rings (SSSR count). The van der Waals surface area contributed by atoms with Gasteiger partial charge in [-0.05, 0) is 18.6 Å². The van der Waals surface area contributed by atoms with E-state index < -0.39 is 0 Å². The number of thiocarbonyl (C=S) groups is 1. The molecule has 0 spiro atoms. The third-order valence-electron chi connectivity index (χ3n) is 2.96. The average Bonchev–Trinajstić information content (AvgIpc) is 2.47. The Kier molecular flexibility index (Phi) is 5.19. The van der Waals surface area contributed by atoms with Gasteiger partial charge in [-0.2, -0.15) is 0 Å². The van der Waals surface area contributed by atoms with Gasteiger partial charge in [-0.25, -0.2) is 9.97 Å². The van der Waals surface area contributed by atoms with Gasteiger partial charge in [-0.1, -0.05) is 42.5 Å². The van der Waals surface area contributed by atoms with Gasteiger partial charge in [0.05, 0.1) is 6.61 Å². The maximum Gasteiger partial charge on any atom is 0.226 e. The summed E-state index contributed by atoms with van der Waals surface area (Å²) >= 11 is 4.98. The molecule has 0 aliphatic heterocycles. The minimum atomic E-state index is 0.0204. The molecule has 1 aromatic heterocycles. The SMILES string of the molecule is Cc1cc(C(N)=S)nc(N(CCO)Cc2ccccc2)n1. The van der Waals surface area contributed by atoms with Crippen molar-refractivity contribution in [3.63, 3.8) is 0 Å². The van der Waals surface area contributed by atoms with Crippen molar-refractivity contribution in [2.24, 2.45) is 5.73 Å². The maximum absolute atomic E-state index is 9.28. The molecule has 0 aliphatic carbocycles. The fraction of sp³-hybridized carbons (Fsp3) is 0.267. The second-order valence-electron chi connectivity index (χ2n) is 4.69. The van der Waals surface area contributed by atoms with Crippen LogP contribution in [0.5, 0.6) is 0 Å². The zero-order valence-electron chi connectivity index (χ0n) is 11.9. The Morgan fingerprint density at radius 2 is 2.00 bits per heavy atom. The summed E-state index contributed by atoms with van der Waals surface area (Å²) in [4.78, 5) is 11.0. The largest absolute Gasteiger partial charge is 0.395 e. The number of aliphatic hydroxyl groups is 1. The number of nitrogens with zero attached hydrogens (tertiary/aromatic N) is 3. The van der Waals surface area contributed by atoms with E-state index in [2.05, 4.69) is 9.97 Å². The minimum absolute atomic E-state index is 0.0204. The fourth-order valence-corrected chi connectivity index (χ4v) is 2.10. The summed E-state index contributed by atoms with van der Waals surface area (Å²) in [6, 6.07) is 11.7. The molecule has 0 aliphatic rings. The highest BCUT2D eigenvalue weighted by molar-refractivity contribution is 7.80. The molecule has 5 nitrogen and oxygen atoms in total. The lowest BCUT2D eigenvalue weighted by Gasteiger charge is -2.22. The number of aromatic nitrogens is 2. The van der Waals surface area contributed by atoms with Gasteiger partial charge in [0.25, 0.3) is 0 Å². The Morgan fingerprint density at radius 1 is 1.29 bits per heavy atom. The van der Waals surface area contributed by atoms with E-state index in [1.165, 1.54) is 0 Å². The van der Waals surface area contributed by atoms with Crippen molar-refractivity contribution in [1.82, 2.24) is 9.97 Å². The van der Waals surface area contributed by atoms with Gasteiger partial charge in [-0.15, -0.1) is 0 Å². The topological polar surface area (TPSA) is 75.3 Å². The van der Waals surface area contributed by atoms with Crippen molar-refractivity contribution < 1.29 is 5.11 Å². The minimum Gasteiger partial charge on any atom is -0.395 e. The Hall–Kier alpha value is -2.05. The number of nitrogens with two attached hydrogens (primary N) is 1. The molecule has 3 N–H and O–H groups in total. The predicted molar refractivity (Wildman–Crippen MR) is 87.2 cm³/mol. The van der Waals surface area contributed by atoms with E-state index in [0.29, 0.717) is 24.7 Å². The fourth-order valence-electron chi connectivity index (χ4n) is 1.99. The summed E-state index contributed by atoms with van der Waals surface area (Å²) in [5.74, 6) is 0.524. The molecule has 1 heterocycles. The predicted octanol–water partition coefficient (Wildman–Crippen LogP) is 1.42. The summed E-state index contributed by atoms with van der Waals surface area (Å²) in [6.07, 6.45) is 0. The van der Waals surface area contributed by atoms with Crippen molar-refractivity contribution in [2.45, 2.75) is 13.5 Å². The van der Waals surface area contributed by atoms with E-state index in [9.17, 15) is 5.11 Å². The first-order valence-corrected chi connectivity index (χ1v) is 7.06. The van der Waals surface area contributed by atoms with Gasteiger partial charge in [0.2, 0.25) is 5.95 Å². The van der Waals surface area contributed by atoms with Crippen LogP contribution in [0.25, 0.3) is 0 Å². The zero-order valence-corrected chi connectivity index (χ0v) is 12.7. The van der Waals surface area contributed by atoms with E-state index >= 15 is 0 Å². The van der Waals surface area contributed by atoms with Crippen molar-refractivity contribution in [3.8, 4) is 0 Å². The quantitative estimate of drug-likeness (QED) is 0.786. The van der Waals surface area contributed by atoms with E-state index in [1.54, 1.807) is 6.07 Å². The molecule has 2 aromatic rings. The zero-order chi connectivity index (χ0) is 15.2. The summed E-state index contributed by atoms with van der Waals surface area (Å²) in [5.41, 5.74) is 8.11. The van der Waals surface area contributed by atoms with E-state index in [1.807, 2.05) is 42.2 Å². The number of aryl methyl sites for hydroxylation is 1. The molecule has 6 heteroatoms. The lowest BCUT2D eigenvalue weighted by atomic mass is 10.2. The van der Waals surface area contributed by atoms with Crippen LogP contribution in [0.1, 0.15) is 17.0 Å². The third-order valence-corrected chi connectivity index (χ3v) is 3.17. The van der Waals surface area contributed by atoms with Crippen molar-refractivity contribution in [3.05, 3.63) is 53.3 Å². The van der Waals surface area contributed by atoms with Crippen LogP contribution in [0.15, 0.2) is 36.4 Å². The Morgan fingerprint density at radius 3 is 2.62 bits per heavy atom. The van der Waals surface area contributed by atoms with Gasteiger partial charge < -0.3 is 15.7 Å². The molecule has 21 heavy (non-hydrogen) atoms. The van der Waals surface area contributed by atoms with Crippen LogP contribution in [0.4, 0.5) is 5.95 Å². The molecule has 0 bridgehead atoms. The van der Waals surface area contributed by atoms with Crippen molar-refractivity contribution >= 4 is 23.2 Å². The first-order chi connectivity index (χ1) is 10.1. The van der Waals surface area contributed by atoms with Crippen LogP contribution in [0, 0.1) is 6.92 Å². The second kappa shape index (κ2) is 7.10. The van der Waals surface area contributed by atoms with E-state index in [0.717, 1.165) is 11.3 Å². The molecule has 0 fully saturated rings. The first kappa shape index (κ1) is 15.3. The van der Waals surface area contributed by atoms with Gasteiger partial charge >= 0.3 is 0 Å². The van der Waals surface area contributed by atoms with Gasteiger partial charge in [0.1, 0.15) is 10.7 Å². The molecule has 0 unspecified atom stereocenters. The summed E-state index contributed by atoms with van der Waals surface area (Å²) in [6.45, 7) is 2.94. The third kappa shape index (κ3) is 4.21. The second-order valence-corrected chi connectivity index (χ2v) is 5.13. The van der Waals surface area contributed by atoms with Gasteiger partial charge in [0.15, 0.2) is 0 Å². The monoisotopic (exact) mass is 302 g/mol. The van der Waals surface area contributed by atoms with Crippen LogP contribution in [0.3, 0.4) is 0 Å². The molecule has 0 atom stereocenters. The Labute approximate surface area is 129 Å². The normalized spacial score (nSPS) is 10.4. The highest BCUT2D eigenvalue weighted by Gasteiger charge is 2.12. The maximum atomic E-state index is 9.28. The number of benzene rings is 1. The summed E-state index contributed by atoms with van der Waals surface area (Å²) in [5, 5.41) is 9.28. The van der Waals surface area contributed by atoms with Gasteiger partial charge in [-0.3, -0.25) is 0 Å².